The summed E-state index contributed by atoms with van der Waals surface area (Å²) in [6.45, 7) is 6.83. The molecule has 0 spiro atoms. The third-order valence-corrected chi connectivity index (χ3v) is 6.65. The molecule has 0 bridgehead atoms. The molecule has 2 aromatic carbocycles. The number of para-hydroxylation sites is 2. The summed E-state index contributed by atoms with van der Waals surface area (Å²) in [4.78, 5) is 17.7. The first kappa shape index (κ1) is 23.7. The largest absolute Gasteiger partial charge is 0.497 e. The molecule has 2 N–H and O–H groups in total. The molecule has 1 unspecified atom stereocenters. The van der Waals surface area contributed by atoms with Gasteiger partial charge in [-0.3, -0.25) is 4.79 Å². The van der Waals surface area contributed by atoms with E-state index in [0.717, 1.165) is 16.9 Å². The van der Waals surface area contributed by atoms with Crippen LogP contribution in [-0.4, -0.2) is 37.0 Å². The van der Waals surface area contributed by atoms with Crippen molar-refractivity contribution in [3.63, 3.8) is 0 Å². The standard InChI is InChI=1S/C23H30N4O4S/c1-5-27-21-9-7-6-8-19(21)25-22(27)15-24-23(28)20(14-16(2)3)26-32(29,30)18-12-10-17(31-4)11-13-18/h6-13,16,20,26H,5,14-15H2,1-4H3,(H,24,28). The van der Waals surface area contributed by atoms with E-state index in [9.17, 15) is 13.2 Å². The molecule has 1 amide bonds. The SMILES string of the molecule is CCn1c(CNC(=O)C(CC(C)C)NS(=O)(=O)c2ccc(OC)cc2)nc2ccccc21. The van der Waals surface area contributed by atoms with Gasteiger partial charge in [-0.25, -0.2) is 13.4 Å². The van der Waals surface area contributed by atoms with Crippen LogP contribution in [0.3, 0.4) is 0 Å². The highest BCUT2D eigenvalue weighted by atomic mass is 32.2. The molecule has 0 saturated heterocycles. The molecule has 32 heavy (non-hydrogen) atoms. The van der Waals surface area contributed by atoms with Crippen molar-refractivity contribution in [1.29, 1.82) is 0 Å². The predicted octanol–water partition coefficient (Wildman–Crippen LogP) is 3.07. The second-order valence-corrected chi connectivity index (χ2v) is 9.67. The summed E-state index contributed by atoms with van der Waals surface area (Å²) < 4.78 is 35.4. The van der Waals surface area contributed by atoms with E-state index in [1.807, 2.05) is 49.6 Å². The lowest BCUT2D eigenvalue weighted by Gasteiger charge is -2.20. The third kappa shape index (κ3) is 5.46. The normalized spacial score (nSPS) is 12.8. The first-order valence-electron chi connectivity index (χ1n) is 10.6. The Bertz CT molecular complexity index is 1170. The number of fused-ring (bicyclic) bond motifs is 1. The quantitative estimate of drug-likeness (QED) is 0.486. The summed E-state index contributed by atoms with van der Waals surface area (Å²) in [5, 5.41) is 2.86. The summed E-state index contributed by atoms with van der Waals surface area (Å²) >= 11 is 0. The highest BCUT2D eigenvalue weighted by molar-refractivity contribution is 7.89. The second kappa shape index (κ2) is 10.1. The van der Waals surface area contributed by atoms with Crippen LogP contribution in [0.5, 0.6) is 5.75 Å². The summed E-state index contributed by atoms with van der Waals surface area (Å²) in [6, 6.07) is 12.9. The van der Waals surface area contributed by atoms with E-state index in [-0.39, 0.29) is 23.3 Å². The molecule has 3 rings (SSSR count). The Morgan fingerprint density at radius 2 is 1.81 bits per heavy atom. The summed E-state index contributed by atoms with van der Waals surface area (Å²) in [5.74, 6) is 1.01. The lowest BCUT2D eigenvalue weighted by molar-refractivity contribution is -0.123. The zero-order valence-electron chi connectivity index (χ0n) is 18.8. The molecule has 0 aliphatic heterocycles. The molecule has 0 aliphatic carbocycles. The van der Waals surface area contributed by atoms with Crippen molar-refractivity contribution in [2.75, 3.05) is 7.11 Å². The van der Waals surface area contributed by atoms with E-state index in [4.69, 9.17) is 4.74 Å². The van der Waals surface area contributed by atoms with Gasteiger partial charge in [0.25, 0.3) is 0 Å². The number of carbonyl (C=O) groups excluding carboxylic acids is 1. The number of hydrogen-bond acceptors (Lipinski definition) is 5. The number of carbonyl (C=O) groups is 1. The Hall–Kier alpha value is -2.91. The minimum Gasteiger partial charge on any atom is -0.497 e. The first-order valence-corrected chi connectivity index (χ1v) is 12.1. The zero-order chi connectivity index (χ0) is 23.3. The number of nitrogens with zero attached hydrogens (tertiary/aromatic N) is 2. The van der Waals surface area contributed by atoms with E-state index in [1.54, 1.807) is 12.1 Å². The monoisotopic (exact) mass is 458 g/mol. The van der Waals surface area contributed by atoms with Gasteiger partial charge >= 0.3 is 0 Å². The number of imidazole rings is 1. The van der Waals surface area contributed by atoms with Crippen molar-refractivity contribution in [3.8, 4) is 5.75 Å². The Morgan fingerprint density at radius 3 is 2.44 bits per heavy atom. The van der Waals surface area contributed by atoms with Gasteiger partial charge in [-0.15, -0.1) is 0 Å². The maximum absolute atomic E-state index is 13.0. The molecule has 1 heterocycles. The number of benzene rings is 2. The minimum atomic E-state index is -3.88. The average Bonchev–Trinajstić information content (AvgIpc) is 3.14. The van der Waals surface area contributed by atoms with Crippen LogP contribution in [0, 0.1) is 5.92 Å². The van der Waals surface area contributed by atoms with Crippen molar-refractivity contribution in [2.45, 2.75) is 51.2 Å². The van der Waals surface area contributed by atoms with Gasteiger partial charge in [-0.1, -0.05) is 26.0 Å². The lowest BCUT2D eigenvalue weighted by atomic mass is 10.0. The molecule has 3 aromatic rings. The van der Waals surface area contributed by atoms with Crippen LogP contribution in [0.15, 0.2) is 53.4 Å². The summed E-state index contributed by atoms with van der Waals surface area (Å²) in [6.07, 6.45) is 0.366. The highest BCUT2D eigenvalue weighted by Gasteiger charge is 2.27. The molecule has 9 heteroatoms. The maximum atomic E-state index is 13.0. The van der Waals surface area contributed by atoms with Gasteiger partial charge in [0, 0.05) is 6.54 Å². The van der Waals surface area contributed by atoms with Crippen LogP contribution in [0.1, 0.15) is 33.0 Å². The van der Waals surface area contributed by atoms with Gasteiger partial charge in [0.15, 0.2) is 0 Å². The number of ether oxygens (including phenoxy) is 1. The molecular weight excluding hydrogens is 428 g/mol. The summed E-state index contributed by atoms with van der Waals surface area (Å²) in [7, 11) is -2.37. The van der Waals surface area contributed by atoms with Crippen molar-refractivity contribution in [3.05, 3.63) is 54.4 Å². The molecule has 172 valence electrons. The molecule has 8 nitrogen and oxygen atoms in total. The molecule has 0 fully saturated rings. The molecule has 0 aliphatic rings. The number of aryl methyl sites for hydroxylation is 1. The molecule has 0 saturated carbocycles. The van der Waals surface area contributed by atoms with Crippen LogP contribution in [0.2, 0.25) is 0 Å². The number of sulfonamides is 1. The fourth-order valence-corrected chi connectivity index (χ4v) is 4.80. The number of nitrogens with one attached hydrogen (secondary N) is 2. The van der Waals surface area contributed by atoms with E-state index < -0.39 is 16.1 Å². The van der Waals surface area contributed by atoms with Gasteiger partial charge < -0.3 is 14.6 Å². The second-order valence-electron chi connectivity index (χ2n) is 7.96. The maximum Gasteiger partial charge on any atom is 0.241 e. The number of amides is 1. The first-order chi connectivity index (χ1) is 15.2. The Kier molecular flexibility index (Phi) is 7.52. The topological polar surface area (TPSA) is 102 Å². The number of hydrogen-bond donors (Lipinski definition) is 2. The fraction of sp³-hybridized carbons (Fsp3) is 0.391. The van der Waals surface area contributed by atoms with E-state index >= 15 is 0 Å². The van der Waals surface area contributed by atoms with Crippen LogP contribution in [0.25, 0.3) is 11.0 Å². The predicted molar refractivity (Wildman–Crippen MR) is 124 cm³/mol. The zero-order valence-corrected chi connectivity index (χ0v) is 19.6. The number of methoxy groups -OCH3 is 1. The van der Waals surface area contributed by atoms with Crippen molar-refractivity contribution >= 4 is 27.0 Å². The van der Waals surface area contributed by atoms with Gasteiger partial charge in [0.2, 0.25) is 15.9 Å². The van der Waals surface area contributed by atoms with Crippen LogP contribution in [-0.2, 0) is 27.9 Å². The van der Waals surface area contributed by atoms with Crippen molar-refractivity contribution in [2.24, 2.45) is 5.92 Å². The smallest absolute Gasteiger partial charge is 0.241 e. The van der Waals surface area contributed by atoms with Crippen LogP contribution < -0.4 is 14.8 Å². The average molecular weight is 459 g/mol. The fourth-order valence-electron chi connectivity index (χ4n) is 3.59. The van der Waals surface area contributed by atoms with E-state index in [2.05, 4.69) is 15.0 Å². The van der Waals surface area contributed by atoms with E-state index in [0.29, 0.717) is 18.7 Å². The minimum absolute atomic E-state index is 0.0765. The van der Waals surface area contributed by atoms with Gasteiger partial charge in [-0.2, -0.15) is 4.72 Å². The van der Waals surface area contributed by atoms with Gasteiger partial charge in [-0.05, 0) is 55.7 Å². The lowest BCUT2D eigenvalue weighted by Crippen LogP contribution is -2.47. The van der Waals surface area contributed by atoms with Crippen molar-refractivity contribution < 1.29 is 17.9 Å². The Morgan fingerprint density at radius 1 is 1.12 bits per heavy atom. The Labute approximate surface area is 189 Å². The third-order valence-electron chi connectivity index (χ3n) is 5.16. The van der Waals surface area contributed by atoms with Crippen LogP contribution in [0.4, 0.5) is 0 Å². The number of rotatable bonds is 10. The molecule has 1 aromatic heterocycles. The molecule has 1 atom stereocenters. The molecular formula is C23H30N4O4S. The van der Waals surface area contributed by atoms with Crippen LogP contribution >= 0.6 is 0 Å². The van der Waals surface area contributed by atoms with Gasteiger partial charge in [0.1, 0.15) is 17.6 Å². The van der Waals surface area contributed by atoms with Crippen molar-refractivity contribution in [1.82, 2.24) is 19.6 Å². The van der Waals surface area contributed by atoms with E-state index in [1.165, 1.54) is 19.2 Å². The molecule has 0 radical (unpaired) electrons. The Balaban J connectivity index is 1.76. The highest BCUT2D eigenvalue weighted by Crippen LogP contribution is 2.18. The number of aromatic nitrogens is 2. The summed E-state index contributed by atoms with van der Waals surface area (Å²) in [5.41, 5.74) is 1.86. The van der Waals surface area contributed by atoms with Gasteiger partial charge in [0.05, 0.1) is 29.6 Å².